The minimum absolute atomic E-state index is 0.236. The molecular weight excluding hydrogens is 416 g/mol. The Morgan fingerprint density at radius 2 is 1.94 bits per heavy atom. The Hall–Kier alpha value is -3.27. The summed E-state index contributed by atoms with van der Waals surface area (Å²) in [6, 6.07) is 7.36. The quantitative estimate of drug-likeness (QED) is 0.555. The Labute approximate surface area is 187 Å². The van der Waals surface area contributed by atoms with Crippen molar-refractivity contribution in [2.75, 3.05) is 13.7 Å². The number of aromatic nitrogens is 2. The molecule has 3 N–H and O–H groups in total. The molecule has 0 spiro atoms. The lowest BCUT2D eigenvalue weighted by molar-refractivity contribution is -0.0518. The van der Waals surface area contributed by atoms with Gasteiger partial charge in [-0.15, -0.1) is 0 Å². The van der Waals surface area contributed by atoms with Crippen LogP contribution < -0.4 is 15.4 Å². The number of benzene rings is 1. The number of nitrogens with one attached hydrogen (secondary N) is 3. The molecule has 1 aromatic heterocycles. The largest absolute Gasteiger partial charge is 0.509 e. The molecule has 3 rings (SSSR count). The maximum atomic E-state index is 12.5. The zero-order valence-corrected chi connectivity index (χ0v) is 18.7. The maximum Gasteiger partial charge on any atom is 0.509 e. The first-order valence-corrected chi connectivity index (χ1v) is 10.4. The van der Waals surface area contributed by atoms with Crippen molar-refractivity contribution in [2.24, 2.45) is 0 Å². The summed E-state index contributed by atoms with van der Waals surface area (Å²) >= 11 is 0. The summed E-state index contributed by atoms with van der Waals surface area (Å²) in [4.78, 5) is 31.5. The standard InChI is InChI=1S/C22H30N4O6/c1-22(2,3)32-21(28)30-18-12-24-17(9-14-5-7-16(29-4)8-6-14)19(18)31-20(27)25-11-15-10-23-13-26-15/h5-8,10,13,17-19,24H,9,11-12H2,1-4H3,(H,23,26)(H,25,27)/t17-,18+,19+/m1/s1. The van der Waals surface area contributed by atoms with Gasteiger partial charge in [0.15, 0.2) is 12.2 Å². The van der Waals surface area contributed by atoms with Crippen LogP contribution in [0.25, 0.3) is 0 Å². The lowest BCUT2D eigenvalue weighted by Gasteiger charge is -2.26. The van der Waals surface area contributed by atoms with Crippen LogP contribution in [-0.4, -0.2) is 59.7 Å². The number of alkyl carbamates (subject to hydrolysis) is 1. The average Bonchev–Trinajstić information content (AvgIpc) is 3.37. The van der Waals surface area contributed by atoms with Crippen LogP contribution in [0, 0.1) is 0 Å². The second kappa shape index (κ2) is 10.4. The number of aromatic amines is 1. The first-order chi connectivity index (χ1) is 15.2. The molecule has 1 amide bonds. The Balaban J connectivity index is 1.66. The van der Waals surface area contributed by atoms with Crippen LogP contribution in [0.2, 0.25) is 0 Å². The molecule has 32 heavy (non-hydrogen) atoms. The van der Waals surface area contributed by atoms with E-state index in [2.05, 4.69) is 20.6 Å². The summed E-state index contributed by atoms with van der Waals surface area (Å²) in [5.41, 5.74) is 1.07. The number of ether oxygens (including phenoxy) is 4. The van der Waals surface area contributed by atoms with E-state index < -0.39 is 30.1 Å². The molecule has 0 aliphatic carbocycles. The van der Waals surface area contributed by atoms with Crippen molar-refractivity contribution in [3.05, 3.63) is 48.0 Å². The molecule has 174 valence electrons. The van der Waals surface area contributed by atoms with Crippen molar-refractivity contribution < 1.29 is 28.5 Å². The van der Waals surface area contributed by atoms with E-state index in [0.717, 1.165) is 17.0 Å². The van der Waals surface area contributed by atoms with Crippen molar-refractivity contribution in [3.8, 4) is 5.75 Å². The lowest BCUT2D eigenvalue weighted by Crippen LogP contribution is -2.43. The van der Waals surface area contributed by atoms with Crippen LogP contribution in [0.1, 0.15) is 32.0 Å². The summed E-state index contributed by atoms with van der Waals surface area (Å²) in [5, 5.41) is 5.97. The molecule has 1 aromatic carbocycles. The number of H-pyrrole nitrogens is 1. The summed E-state index contributed by atoms with van der Waals surface area (Å²) in [6.45, 7) is 5.83. The number of hydrogen-bond acceptors (Lipinski definition) is 8. The van der Waals surface area contributed by atoms with Gasteiger partial charge in [-0.2, -0.15) is 0 Å². The van der Waals surface area contributed by atoms with Crippen LogP contribution in [0.4, 0.5) is 9.59 Å². The van der Waals surface area contributed by atoms with Gasteiger partial charge in [0.05, 0.1) is 31.7 Å². The molecule has 3 atom stereocenters. The van der Waals surface area contributed by atoms with Gasteiger partial charge in [0.1, 0.15) is 11.4 Å². The average molecular weight is 447 g/mol. The summed E-state index contributed by atoms with van der Waals surface area (Å²) in [5.74, 6) is 0.755. The smallest absolute Gasteiger partial charge is 0.497 e. The van der Waals surface area contributed by atoms with Gasteiger partial charge < -0.3 is 34.6 Å². The zero-order valence-electron chi connectivity index (χ0n) is 18.7. The number of methoxy groups -OCH3 is 1. The zero-order chi connectivity index (χ0) is 23.1. The number of rotatable bonds is 7. The van der Waals surface area contributed by atoms with Crippen molar-refractivity contribution in [1.82, 2.24) is 20.6 Å². The number of carbonyl (C=O) groups is 2. The van der Waals surface area contributed by atoms with Gasteiger partial charge in [-0.25, -0.2) is 14.6 Å². The minimum Gasteiger partial charge on any atom is -0.497 e. The van der Waals surface area contributed by atoms with Crippen LogP contribution in [0.3, 0.4) is 0 Å². The molecule has 2 aromatic rings. The molecule has 1 saturated heterocycles. The maximum absolute atomic E-state index is 12.5. The molecule has 0 radical (unpaired) electrons. The highest BCUT2D eigenvalue weighted by molar-refractivity contribution is 5.67. The van der Waals surface area contributed by atoms with E-state index in [1.54, 1.807) is 34.1 Å². The summed E-state index contributed by atoms with van der Waals surface area (Å²) in [7, 11) is 1.61. The highest BCUT2D eigenvalue weighted by Gasteiger charge is 2.42. The first kappa shape index (κ1) is 23.4. The number of carbonyl (C=O) groups excluding carboxylic acids is 2. The normalized spacial score (nSPS) is 20.4. The predicted molar refractivity (Wildman–Crippen MR) is 115 cm³/mol. The second-order valence-corrected chi connectivity index (χ2v) is 8.49. The van der Waals surface area contributed by atoms with E-state index in [1.807, 2.05) is 24.3 Å². The third kappa shape index (κ3) is 6.88. The van der Waals surface area contributed by atoms with Crippen LogP contribution in [0.5, 0.6) is 5.75 Å². The van der Waals surface area contributed by atoms with E-state index in [4.69, 9.17) is 18.9 Å². The van der Waals surface area contributed by atoms with E-state index in [0.29, 0.717) is 13.0 Å². The molecule has 1 fully saturated rings. The van der Waals surface area contributed by atoms with Gasteiger partial charge in [0.2, 0.25) is 0 Å². The third-order valence-electron chi connectivity index (χ3n) is 4.82. The molecule has 0 bridgehead atoms. The fraction of sp³-hybridized carbons (Fsp3) is 0.500. The highest BCUT2D eigenvalue weighted by Crippen LogP contribution is 2.22. The van der Waals surface area contributed by atoms with Gasteiger partial charge >= 0.3 is 12.2 Å². The second-order valence-electron chi connectivity index (χ2n) is 8.49. The molecule has 1 aliphatic heterocycles. The van der Waals surface area contributed by atoms with Gasteiger partial charge in [-0.05, 0) is 44.9 Å². The number of amides is 1. The number of imidazole rings is 1. The van der Waals surface area contributed by atoms with Crippen molar-refractivity contribution in [1.29, 1.82) is 0 Å². The van der Waals surface area contributed by atoms with E-state index in [1.165, 1.54) is 6.33 Å². The molecule has 10 nitrogen and oxygen atoms in total. The Bertz CT molecular complexity index is 879. The fourth-order valence-electron chi connectivity index (χ4n) is 3.34. The monoisotopic (exact) mass is 446 g/mol. The number of nitrogens with zero attached hydrogens (tertiary/aromatic N) is 1. The van der Waals surface area contributed by atoms with Crippen LogP contribution in [-0.2, 0) is 27.2 Å². The van der Waals surface area contributed by atoms with Gasteiger partial charge in [0, 0.05) is 12.7 Å². The Morgan fingerprint density at radius 1 is 1.19 bits per heavy atom. The molecule has 2 heterocycles. The molecular formula is C22H30N4O6. The van der Waals surface area contributed by atoms with Crippen molar-refractivity contribution >= 4 is 12.2 Å². The lowest BCUT2D eigenvalue weighted by atomic mass is 10.0. The third-order valence-corrected chi connectivity index (χ3v) is 4.82. The highest BCUT2D eigenvalue weighted by atomic mass is 16.7. The van der Waals surface area contributed by atoms with Crippen LogP contribution >= 0.6 is 0 Å². The SMILES string of the molecule is COc1ccc(C[C@H]2NC[C@H](OC(=O)OC(C)(C)C)[C@H]2OC(=O)NCc2cnc[nH]2)cc1. The van der Waals surface area contributed by atoms with Crippen LogP contribution in [0.15, 0.2) is 36.8 Å². The van der Waals surface area contributed by atoms with Crippen molar-refractivity contribution in [2.45, 2.75) is 57.6 Å². The Kier molecular flexibility index (Phi) is 7.57. The van der Waals surface area contributed by atoms with Gasteiger partial charge in [0.25, 0.3) is 0 Å². The fourth-order valence-corrected chi connectivity index (χ4v) is 3.34. The van der Waals surface area contributed by atoms with Crippen molar-refractivity contribution in [3.63, 3.8) is 0 Å². The topological polar surface area (TPSA) is 124 Å². The minimum atomic E-state index is -0.805. The molecule has 10 heteroatoms. The summed E-state index contributed by atoms with van der Waals surface area (Å²) < 4.78 is 21.6. The van der Waals surface area contributed by atoms with E-state index in [9.17, 15) is 9.59 Å². The molecule has 1 aliphatic rings. The summed E-state index contributed by atoms with van der Waals surface area (Å²) in [6.07, 6.45) is 0.887. The predicted octanol–water partition coefficient (Wildman–Crippen LogP) is 2.55. The van der Waals surface area contributed by atoms with E-state index in [-0.39, 0.29) is 12.6 Å². The van der Waals surface area contributed by atoms with E-state index >= 15 is 0 Å². The van der Waals surface area contributed by atoms with Gasteiger partial charge in [-0.3, -0.25) is 0 Å². The first-order valence-electron chi connectivity index (χ1n) is 10.4. The Morgan fingerprint density at radius 3 is 2.56 bits per heavy atom. The molecule has 0 saturated carbocycles. The van der Waals surface area contributed by atoms with Gasteiger partial charge in [-0.1, -0.05) is 12.1 Å². The molecule has 0 unspecified atom stereocenters. The number of hydrogen-bond donors (Lipinski definition) is 3.